The van der Waals surface area contributed by atoms with Crippen LogP contribution in [0.5, 0.6) is 0 Å². The summed E-state index contributed by atoms with van der Waals surface area (Å²) in [6, 6.07) is 0. The van der Waals surface area contributed by atoms with Crippen molar-refractivity contribution in [1.29, 1.82) is 0 Å². The van der Waals surface area contributed by atoms with Crippen LogP contribution >= 0.6 is 0 Å². The normalized spacial score (nSPS) is 16.5. The molecule has 0 aromatic carbocycles. The van der Waals surface area contributed by atoms with Gasteiger partial charge in [0.05, 0.1) is 11.2 Å². The van der Waals surface area contributed by atoms with Crippen molar-refractivity contribution in [2.75, 3.05) is 240 Å². The van der Waals surface area contributed by atoms with Gasteiger partial charge in [-0.15, -0.1) is 0 Å². The zero-order valence-corrected chi connectivity index (χ0v) is 144. The Morgan fingerprint density at radius 3 is 0.650 bits per heavy atom. The average Bonchev–Trinajstić information content (AvgIpc) is 0.760. The fraction of sp³-hybridized carbons (Fsp3) is 1.00. The van der Waals surface area contributed by atoms with E-state index in [1.54, 1.807) is 33.7 Å². The van der Waals surface area contributed by atoms with E-state index >= 15 is 0 Å². The molecule has 22 radical (unpaired) electrons. The van der Waals surface area contributed by atoms with Crippen LogP contribution in [0.2, 0.25) is 9.94 Å². The smallest absolute Gasteiger partial charge is 0 e. The summed E-state index contributed by atoms with van der Waals surface area (Å²) in [4.78, 5) is 10.6. The van der Waals surface area contributed by atoms with E-state index in [0.29, 0.717) is 71.0 Å². The molecule has 0 bridgehead atoms. The van der Waals surface area contributed by atoms with E-state index in [4.69, 9.17) is 20.3 Å². The molecule has 2 N–H and O–H groups in total. The molecule has 16 atom stereocenters. The van der Waals surface area contributed by atoms with Crippen LogP contribution in [-0.2, 0) is 20.3 Å². The molecule has 0 aromatic heterocycles. The first-order chi connectivity index (χ1) is 57.9. The molecule has 0 heterocycles. The van der Waals surface area contributed by atoms with Crippen LogP contribution in [0, 0.1) is 94.7 Å². The number of hydrogen-bond acceptors (Lipinski definition) is 25. The molecule has 0 amide bonds. The molecular formula is C97H242Ge4N17O8Sb5Te9. The molecule has 0 aliphatic rings. The summed E-state index contributed by atoms with van der Waals surface area (Å²) in [5.41, 5.74) is -2.18. The third-order valence-corrected chi connectivity index (χ3v) is 68.9. The summed E-state index contributed by atoms with van der Waals surface area (Å²) in [5.74, 6) is 6.44. The molecule has 0 rings (SSSR count). The molecule has 858 valence electrons. The van der Waals surface area contributed by atoms with Gasteiger partial charge in [-0.25, -0.2) is 0 Å². The SMILES string of the molecule is C.C.C.C.CC(C(C)C(C)(C)O)C(C)C(C)(O)C(C)C.CC(C(C)C(C)(C)[O][Ge]([N](C)C)([N](C)C)[N](C)C)C(C)C(C)([O][Sb]([N](C)C)[N](C)C)C(C)C.CC(C(C)C(C)(C)[O][Ge])C(C)C(C)([O][Sb])C(C)C.CC(C(C)C(C)(C)[O][Ge])C(C)C(C)([O][Sb])C(C)C.CN(C)C([Te])(N(C)C)N(C)C.C[N](C)[Ge]([N](C)C)([N](C)C)[N](C)C.C[N](C)[Sb]([N](C)C)[N](C)C.C[N](C)[Sb][N](C)C.C[Te].C[Te].[TeH2].[TeH].[TeH].[Te].[Te].[Te]. The van der Waals surface area contributed by atoms with Crippen LogP contribution in [-0.4, -0.2) is 744 Å². The Morgan fingerprint density at radius 1 is 0.321 bits per heavy atom. The molecule has 16 unspecified atom stereocenters. The summed E-state index contributed by atoms with van der Waals surface area (Å²) in [6.07, 6.45) is 0. The summed E-state index contributed by atoms with van der Waals surface area (Å²) >= 11 is 3.37. The average molecular weight is 3820 g/mol. The largest absolute Gasteiger partial charge is 0 e. The summed E-state index contributed by atoms with van der Waals surface area (Å²) < 4.78 is 70.1. The third kappa shape index (κ3) is 67.2. The van der Waals surface area contributed by atoms with Gasteiger partial charge in [-0.1, -0.05) is 64.3 Å². The minimum atomic E-state index is -3.10. The van der Waals surface area contributed by atoms with Crippen molar-refractivity contribution in [3.05, 3.63) is 0 Å². The Morgan fingerprint density at radius 2 is 0.529 bits per heavy atom. The predicted octanol–water partition coefficient (Wildman–Crippen LogP) is 11.0. The molecule has 0 aromatic rings. The van der Waals surface area contributed by atoms with E-state index in [0.717, 1.165) is 0 Å². The first-order valence-corrected chi connectivity index (χ1v) is 72.5. The number of hydrogen-bond donors (Lipinski definition) is 2. The molecular weight excluding hydrogens is 3580 g/mol. The van der Waals surface area contributed by atoms with Crippen LogP contribution in [0.3, 0.4) is 0 Å². The van der Waals surface area contributed by atoms with Crippen LogP contribution in [0.25, 0.3) is 0 Å². The molecule has 0 aliphatic carbocycles. The summed E-state index contributed by atoms with van der Waals surface area (Å²) in [7, 11) is 72.9. The second-order valence-corrected chi connectivity index (χ2v) is 85.4. The molecule has 140 heavy (non-hydrogen) atoms. The van der Waals surface area contributed by atoms with Gasteiger partial charge in [0.25, 0.3) is 0 Å². The fourth-order valence-corrected chi connectivity index (χ4v) is 51.2. The van der Waals surface area contributed by atoms with Crippen molar-refractivity contribution < 1.29 is 30.6 Å². The maximum Gasteiger partial charge on any atom is 0 e. The Hall–Kier alpha value is 12.4. The van der Waals surface area contributed by atoms with Crippen LogP contribution in [0.4, 0.5) is 0 Å². The monoisotopic (exact) mass is 3840 g/mol. The topological polar surface area (TPSA) is 151 Å². The molecule has 25 nitrogen and oxygen atoms in total. The van der Waals surface area contributed by atoms with E-state index < -0.39 is 81.9 Å². The number of nitrogens with zero attached hydrogens (tertiary/aromatic N) is 17. The van der Waals surface area contributed by atoms with Crippen molar-refractivity contribution in [1.82, 2.24) is 63.1 Å². The van der Waals surface area contributed by atoms with Crippen molar-refractivity contribution >= 4 is 382 Å². The van der Waals surface area contributed by atoms with E-state index in [1.807, 2.05) is 89.2 Å². The molecule has 0 fully saturated rings. The fourth-order valence-electron chi connectivity index (χ4n) is 16.9. The number of aliphatic hydroxyl groups is 2. The van der Waals surface area contributed by atoms with Crippen LogP contribution < -0.4 is 0 Å². The van der Waals surface area contributed by atoms with Gasteiger partial charge >= 0.3 is 919 Å². The predicted molar refractivity (Wildman–Crippen MR) is 653 cm³/mol. The first kappa shape index (κ1) is 199. The minimum Gasteiger partial charge on any atom is 0 e. The van der Waals surface area contributed by atoms with Gasteiger partial charge in [0.1, 0.15) is 0 Å². The van der Waals surface area contributed by atoms with E-state index in [-0.39, 0.29) is 255 Å². The maximum atomic E-state index is 10.5. The van der Waals surface area contributed by atoms with Crippen LogP contribution in [0.1, 0.15) is 251 Å². The Balaban J connectivity index is -0.0000000666. The zero-order valence-electron chi connectivity index (χ0n) is 101. The first-order valence-electron chi connectivity index (χ1n) is 46.4. The summed E-state index contributed by atoms with van der Waals surface area (Å²) in [5, 5.41) is 20.5. The van der Waals surface area contributed by atoms with Gasteiger partial charge in [0.15, 0.2) is 0 Å². The second kappa shape index (κ2) is 94.4. The van der Waals surface area contributed by atoms with Crippen molar-refractivity contribution in [2.45, 2.75) is 310 Å². The Kier molecular flexibility index (Phi) is 134. The molecule has 43 heteroatoms. The summed E-state index contributed by atoms with van der Waals surface area (Å²) in [6.45, 7) is 70.5. The van der Waals surface area contributed by atoms with Crippen molar-refractivity contribution in [3.63, 3.8) is 0 Å². The van der Waals surface area contributed by atoms with Gasteiger partial charge in [-0.05, 0) is 44.4 Å². The quantitative estimate of drug-likeness (QED) is 0.0439. The minimum absolute atomic E-state index is 0. The molecule has 0 saturated heterocycles. The van der Waals surface area contributed by atoms with Gasteiger partial charge in [-0.3, -0.25) is 0 Å². The van der Waals surface area contributed by atoms with Crippen LogP contribution in [0.15, 0.2) is 0 Å². The van der Waals surface area contributed by atoms with Gasteiger partial charge in [0, 0.05) is 71.0 Å². The van der Waals surface area contributed by atoms with E-state index in [1.165, 1.54) is 46.9 Å². The standard InChI is InChI=1S/C20H46GeN3O2.2C14H28GeO2.C14H30O2.C8H24GeN4.C7H18N3Te.7C2H6N.2CH3Te.4CH4.5Sb.H2Te.2HTe.3Te/c1-15(2)20(8,25)18(5)16(3)17(4)19(6,7)26-21(22(9)10,23(11)12)24(13)14;2*1-9(2)14(8,16)12(5)10(3)11(4)13(6,7)17-15;1-9(2)14(8,16)12(5)10(3)11(4)13(6,7)15;1-10(2)9(11(3)4,12(5)6)13(7)8;1-8(2)7(11,9(3)4)10(5)6;7*1-3-2;2*1-2;;;;;;;;;;;;;;;/h15-18H,1-14H3;2*9-12H,1-8H3;9-12,15-16H,1-8H3;1-8H3;1-6H3;7*1-2H3;2*1H3;4*1H4;;;;;;1H2;2*1H;;;/q3*-1;;;;7*-1;;;;;;;2*+1;+2;2*+3;;;;;;. The third-order valence-electron chi connectivity index (χ3n) is 28.6. The maximum absolute atomic E-state index is 10.5. The van der Waals surface area contributed by atoms with Gasteiger partial charge in [0.2, 0.25) is 0 Å². The molecule has 0 spiro atoms. The molecule has 0 saturated carbocycles. The number of rotatable bonds is 45. The molecule has 0 aliphatic heterocycles. The van der Waals surface area contributed by atoms with Gasteiger partial charge < -0.3 is 10.2 Å². The Bertz CT molecular complexity index is 2640. The van der Waals surface area contributed by atoms with E-state index in [9.17, 15) is 10.2 Å². The second-order valence-electron chi connectivity index (χ2n) is 43.4. The van der Waals surface area contributed by atoms with Crippen molar-refractivity contribution in [3.8, 4) is 0 Å². The Labute approximate surface area is 1100 Å². The zero-order chi connectivity index (χ0) is 108. The van der Waals surface area contributed by atoms with Crippen molar-refractivity contribution in [2.24, 2.45) is 94.7 Å². The van der Waals surface area contributed by atoms with Gasteiger partial charge in [-0.2, -0.15) is 0 Å². The van der Waals surface area contributed by atoms with E-state index in [2.05, 4.69) is 512 Å².